The minimum Gasteiger partial charge on any atom is -0.484 e. The van der Waals surface area contributed by atoms with Gasteiger partial charge in [-0.05, 0) is 49.1 Å². The number of hydrogen-bond donors (Lipinski definition) is 1. The van der Waals surface area contributed by atoms with Gasteiger partial charge in [-0.1, -0.05) is 25.1 Å². The van der Waals surface area contributed by atoms with E-state index < -0.39 is 0 Å². The van der Waals surface area contributed by atoms with Crippen molar-refractivity contribution in [1.29, 1.82) is 0 Å². The molecule has 0 unspecified atom stereocenters. The number of ether oxygens (including phenoxy) is 1. The van der Waals surface area contributed by atoms with Crippen LogP contribution < -0.4 is 15.7 Å². The minimum atomic E-state index is -0.390. The lowest BCUT2D eigenvalue weighted by Crippen LogP contribution is -2.21. The Balaban J connectivity index is 1.73. The van der Waals surface area contributed by atoms with Crippen LogP contribution in [0.4, 0.5) is 5.69 Å². The molecule has 1 amide bonds. The molecule has 0 atom stereocenters. The Morgan fingerprint density at radius 1 is 1.12 bits per heavy atom. The number of para-hydroxylation sites is 1. The molecule has 1 heterocycles. The van der Waals surface area contributed by atoms with E-state index in [4.69, 9.17) is 9.15 Å². The predicted octanol–water partition coefficient (Wildman–Crippen LogP) is 3.99. The van der Waals surface area contributed by atoms with Crippen LogP contribution in [0.2, 0.25) is 0 Å². The molecule has 0 bridgehead atoms. The second-order valence-electron chi connectivity index (χ2n) is 6.21. The number of carbonyl (C=O) groups is 1. The molecule has 0 aliphatic rings. The number of fused-ring (bicyclic) bond motifs is 1. The molecule has 5 heteroatoms. The lowest BCUT2D eigenvalue weighted by molar-refractivity contribution is -0.118. The molecular weight excluding hydrogens is 330 g/mol. The maximum atomic E-state index is 12.2. The van der Waals surface area contributed by atoms with E-state index in [9.17, 15) is 9.59 Å². The van der Waals surface area contributed by atoms with Crippen LogP contribution in [0.25, 0.3) is 11.0 Å². The van der Waals surface area contributed by atoms with Crippen molar-refractivity contribution < 1.29 is 13.9 Å². The second-order valence-corrected chi connectivity index (χ2v) is 6.21. The molecular formula is C21H21NO4. The molecule has 0 saturated carbocycles. The van der Waals surface area contributed by atoms with Crippen LogP contribution in [0.1, 0.15) is 23.6 Å². The lowest BCUT2D eigenvalue weighted by atomic mass is 10.1. The van der Waals surface area contributed by atoms with E-state index in [0.717, 1.165) is 34.2 Å². The van der Waals surface area contributed by atoms with Gasteiger partial charge in [-0.15, -0.1) is 0 Å². The summed E-state index contributed by atoms with van der Waals surface area (Å²) in [5, 5.41) is 3.75. The summed E-state index contributed by atoms with van der Waals surface area (Å²) in [7, 11) is 0. The van der Waals surface area contributed by atoms with Gasteiger partial charge in [0.05, 0.1) is 0 Å². The quantitative estimate of drug-likeness (QED) is 0.706. The summed E-state index contributed by atoms with van der Waals surface area (Å²) in [6, 6.07) is 12.6. The summed E-state index contributed by atoms with van der Waals surface area (Å²) in [6.07, 6.45) is 0.737. The number of benzene rings is 2. The molecule has 0 radical (unpaired) electrons. The molecule has 0 fully saturated rings. The van der Waals surface area contributed by atoms with Crippen LogP contribution in [-0.4, -0.2) is 12.5 Å². The van der Waals surface area contributed by atoms with Crippen molar-refractivity contribution in [1.82, 2.24) is 0 Å². The number of rotatable bonds is 5. The van der Waals surface area contributed by atoms with Gasteiger partial charge < -0.3 is 14.5 Å². The van der Waals surface area contributed by atoms with Crippen molar-refractivity contribution in [2.24, 2.45) is 0 Å². The van der Waals surface area contributed by atoms with Gasteiger partial charge in [-0.3, -0.25) is 4.79 Å². The number of aryl methyl sites for hydroxylation is 3. The molecule has 5 nitrogen and oxygen atoms in total. The first-order chi connectivity index (χ1) is 12.5. The fourth-order valence-electron chi connectivity index (χ4n) is 2.93. The Kier molecular flexibility index (Phi) is 5.07. The minimum absolute atomic E-state index is 0.128. The van der Waals surface area contributed by atoms with Gasteiger partial charge >= 0.3 is 5.63 Å². The Hall–Kier alpha value is -3.08. The van der Waals surface area contributed by atoms with Gasteiger partial charge in [0.1, 0.15) is 11.3 Å². The number of carbonyl (C=O) groups excluding carboxylic acids is 1. The zero-order valence-electron chi connectivity index (χ0n) is 15.1. The Morgan fingerprint density at radius 2 is 1.85 bits per heavy atom. The highest BCUT2D eigenvalue weighted by molar-refractivity contribution is 5.93. The van der Waals surface area contributed by atoms with E-state index in [1.807, 2.05) is 45.0 Å². The van der Waals surface area contributed by atoms with E-state index in [0.29, 0.717) is 11.3 Å². The highest BCUT2D eigenvalue weighted by atomic mass is 16.5. The van der Waals surface area contributed by atoms with Crippen molar-refractivity contribution in [2.75, 3.05) is 11.9 Å². The molecule has 3 aromatic rings. The van der Waals surface area contributed by atoms with Gasteiger partial charge in [0.25, 0.3) is 5.91 Å². The van der Waals surface area contributed by atoms with E-state index in [-0.39, 0.29) is 18.1 Å². The molecule has 0 saturated heterocycles. The monoisotopic (exact) mass is 351 g/mol. The fraction of sp³-hybridized carbons (Fsp3) is 0.238. The van der Waals surface area contributed by atoms with Crippen LogP contribution in [0.15, 0.2) is 51.7 Å². The predicted molar refractivity (Wildman–Crippen MR) is 102 cm³/mol. The summed E-state index contributed by atoms with van der Waals surface area (Å²) in [4.78, 5) is 23.8. The second kappa shape index (κ2) is 7.44. The normalized spacial score (nSPS) is 10.7. The molecule has 26 heavy (non-hydrogen) atoms. The topological polar surface area (TPSA) is 68.5 Å². The van der Waals surface area contributed by atoms with Gasteiger partial charge in [0.2, 0.25) is 0 Å². The van der Waals surface area contributed by atoms with Crippen molar-refractivity contribution in [2.45, 2.75) is 27.2 Å². The zero-order chi connectivity index (χ0) is 18.7. The third kappa shape index (κ3) is 3.77. The summed E-state index contributed by atoms with van der Waals surface area (Å²) in [5.41, 5.74) is 3.80. The molecule has 0 aliphatic carbocycles. The largest absolute Gasteiger partial charge is 0.484 e. The maximum absolute atomic E-state index is 12.2. The van der Waals surface area contributed by atoms with Crippen LogP contribution in [0.5, 0.6) is 5.75 Å². The number of nitrogens with one attached hydrogen (secondary N) is 1. The summed E-state index contributed by atoms with van der Waals surface area (Å²) in [5.74, 6) is 0.233. The molecule has 134 valence electrons. The Labute approximate surface area is 151 Å². The smallest absolute Gasteiger partial charge is 0.336 e. The number of anilines is 1. The molecule has 1 aromatic heterocycles. The van der Waals surface area contributed by atoms with Gasteiger partial charge in [0, 0.05) is 23.2 Å². The average molecular weight is 351 g/mol. The number of amides is 1. The van der Waals surface area contributed by atoms with Crippen molar-refractivity contribution in [3.8, 4) is 5.75 Å². The van der Waals surface area contributed by atoms with E-state index in [1.54, 1.807) is 12.1 Å². The highest BCUT2D eigenvalue weighted by Gasteiger charge is 2.10. The average Bonchev–Trinajstić information content (AvgIpc) is 2.62. The van der Waals surface area contributed by atoms with Crippen LogP contribution in [0, 0.1) is 13.8 Å². The van der Waals surface area contributed by atoms with Crippen LogP contribution >= 0.6 is 0 Å². The SMILES string of the molecule is CCc1cc(=O)oc2cc(OCC(=O)Nc3c(C)cccc3C)ccc12. The number of hydrogen-bond acceptors (Lipinski definition) is 4. The van der Waals surface area contributed by atoms with E-state index >= 15 is 0 Å². The summed E-state index contributed by atoms with van der Waals surface area (Å²) < 4.78 is 10.8. The maximum Gasteiger partial charge on any atom is 0.336 e. The third-order valence-electron chi connectivity index (χ3n) is 4.30. The van der Waals surface area contributed by atoms with Gasteiger partial charge in [0.15, 0.2) is 6.61 Å². The lowest BCUT2D eigenvalue weighted by Gasteiger charge is -2.12. The first-order valence-corrected chi connectivity index (χ1v) is 8.53. The molecule has 1 N–H and O–H groups in total. The van der Waals surface area contributed by atoms with Crippen molar-refractivity contribution >= 4 is 22.6 Å². The fourth-order valence-corrected chi connectivity index (χ4v) is 2.93. The van der Waals surface area contributed by atoms with E-state index in [2.05, 4.69) is 5.32 Å². The third-order valence-corrected chi connectivity index (χ3v) is 4.30. The first kappa shape index (κ1) is 17.7. The highest BCUT2D eigenvalue weighted by Crippen LogP contribution is 2.23. The van der Waals surface area contributed by atoms with Gasteiger partial charge in [-0.2, -0.15) is 0 Å². The van der Waals surface area contributed by atoms with E-state index in [1.165, 1.54) is 6.07 Å². The Morgan fingerprint density at radius 3 is 2.54 bits per heavy atom. The Bertz CT molecular complexity index is 1000. The van der Waals surface area contributed by atoms with Crippen LogP contribution in [0.3, 0.4) is 0 Å². The van der Waals surface area contributed by atoms with Crippen LogP contribution in [-0.2, 0) is 11.2 Å². The summed E-state index contributed by atoms with van der Waals surface area (Å²) in [6.45, 7) is 5.74. The van der Waals surface area contributed by atoms with Gasteiger partial charge in [-0.25, -0.2) is 4.79 Å². The zero-order valence-corrected chi connectivity index (χ0v) is 15.1. The molecule has 0 spiro atoms. The van der Waals surface area contributed by atoms with Crippen molar-refractivity contribution in [3.05, 3.63) is 69.6 Å². The standard InChI is InChI=1S/C21H21NO4/c1-4-15-10-20(24)26-18-11-16(8-9-17(15)18)25-12-19(23)22-21-13(2)6-5-7-14(21)3/h5-11H,4,12H2,1-3H3,(H,22,23). The molecule has 3 rings (SSSR count). The molecule has 2 aromatic carbocycles. The molecule has 0 aliphatic heterocycles. The van der Waals surface area contributed by atoms with Crippen molar-refractivity contribution in [3.63, 3.8) is 0 Å². The first-order valence-electron chi connectivity index (χ1n) is 8.53. The summed E-state index contributed by atoms with van der Waals surface area (Å²) >= 11 is 0.